The van der Waals surface area contributed by atoms with Crippen molar-refractivity contribution in [2.24, 2.45) is 0 Å². The Hall–Kier alpha value is -3.71. The van der Waals surface area contributed by atoms with Gasteiger partial charge in [-0.3, -0.25) is 0 Å². The zero-order chi connectivity index (χ0) is 20.1. The number of hydrogen-bond donors (Lipinski definition) is 1. The largest absolute Gasteiger partial charge is 0.443 e. The van der Waals surface area contributed by atoms with E-state index >= 15 is 0 Å². The van der Waals surface area contributed by atoms with E-state index in [1.165, 1.54) is 11.8 Å². The van der Waals surface area contributed by atoms with E-state index in [1.807, 2.05) is 54.6 Å². The van der Waals surface area contributed by atoms with Crippen LogP contribution in [0, 0.1) is 0 Å². The molecule has 0 aliphatic carbocycles. The molecule has 3 heterocycles. The molecule has 0 unspecified atom stereocenters. The van der Waals surface area contributed by atoms with Gasteiger partial charge in [0.05, 0.1) is 22.3 Å². The van der Waals surface area contributed by atoms with Gasteiger partial charge in [0.25, 0.3) is 0 Å². The molecule has 1 aliphatic heterocycles. The standard InChI is InChI=1S/C8H6O2S.C7H6N2.C7H5NO.H2/c9-11(10)6-5-7-3-1-2-4-8(7)11;2*1-2-4-7-6(3-1)8-5-9-7;/h1-6H;1-5H,(H,8,9);1-5H;1H. The van der Waals surface area contributed by atoms with Crippen molar-refractivity contribution in [1.82, 2.24) is 15.0 Å². The minimum Gasteiger partial charge on any atom is -0.443 e. The van der Waals surface area contributed by atoms with Crippen LogP contribution in [0.1, 0.15) is 6.99 Å². The Morgan fingerprint density at radius 1 is 0.828 bits per heavy atom. The van der Waals surface area contributed by atoms with Crippen LogP contribution in [0.5, 0.6) is 0 Å². The number of benzene rings is 3. The summed E-state index contributed by atoms with van der Waals surface area (Å²) in [6, 6.07) is 22.6. The summed E-state index contributed by atoms with van der Waals surface area (Å²) in [6.45, 7) is 0. The Kier molecular flexibility index (Phi) is 5.22. The summed E-state index contributed by atoms with van der Waals surface area (Å²) in [4.78, 5) is 11.4. The number of fused-ring (bicyclic) bond motifs is 3. The molecule has 2 aromatic heterocycles. The minimum absolute atomic E-state index is 0. The van der Waals surface area contributed by atoms with E-state index < -0.39 is 9.84 Å². The number of nitrogens with one attached hydrogen (secondary N) is 1. The normalized spacial score (nSPS) is 13.2. The predicted molar refractivity (Wildman–Crippen MR) is 115 cm³/mol. The van der Waals surface area contributed by atoms with E-state index in [4.69, 9.17) is 4.42 Å². The topological polar surface area (TPSA) is 88.9 Å². The Morgan fingerprint density at radius 3 is 2.34 bits per heavy atom. The van der Waals surface area contributed by atoms with Gasteiger partial charge in [0.1, 0.15) is 5.52 Å². The Labute approximate surface area is 169 Å². The van der Waals surface area contributed by atoms with Crippen molar-refractivity contribution in [2.75, 3.05) is 0 Å². The zero-order valence-corrected chi connectivity index (χ0v) is 16.1. The third-order valence-corrected chi connectivity index (χ3v) is 5.70. The first-order valence-electron chi connectivity index (χ1n) is 8.82. The van der Waals surface area contributed by atoms with Crippen molar-refractivity contribution in [3.05, 3.63) is 96.5 Å². The molecule has 7 heteroatoms. The summed E-state index contributed by atoms with van der Waals surface area (Å²) < 4.78 is 27.3. The van der Waals surface area contributed by atoms with Gasteiger partial charge in [-0.2, -0.15) is 0 Å². The molecule has 0 spiro atoms. The highest BCUT2D eigenvalue weighted by molar-refractivity contribution is 7.94. The van der Waals surface area contributed by atoms with Gasteiger partial charge < -0.3 is 9.40 Å². The number of aromatic amines is 1. The molecule has 1 N–H and O–H groups in total. The molecule has 6 rings (SSSR count). The molecule has 0 bridgehead atoms. The average molecular weight is 405 g/mol. The van der Waals surface area contributed by atoms with Gasteiger partial charge in [-0.15, -0.1) is 0 Å². The second-order valence-corrected chi connectivity index (χ2v) is 7.93. The van der Waals surface area contributed by atoms with Crippen molar-refractivity contribution in [3.63, 3.8) is 0 Å². The second-order valence-electron chi connectivity index (χ2n) is 6.13. The van der Waals surface area contributed by atoms with E-state index in [1.54, 1.807) is 30.6 Å². The maximum Gasteiger partial charge on any atom is 0.200 e. The van der Waals surface area contributed by atoms with Gasteiger partial charge in [0.2, 0.25) is 0 Å². The van der Waals surface area contributed by atoms with Crippen molar-refractivity contribution >= 4 is 38.0 Å². The fraction of sp³-hybridized carbons (Fsp3) is 0. The second kappa shape index (κ2) is 8.12. The monoisotopic (exact) mass is 405 g/mol. The molecule has 0 fully saturated rings. The van der Waals surface area contributed by atoms with Gasteiger partial charge in [-0.05, 0) is 42.0 Å². The highest BCUT2D eigenvalue weighted by Crippen LogP contribution is 2.25. The molecular weight excluding hydrogens is 386 g/mol. The summed E-state index contributed by atoms with van der Waals surface area (Å²) in [5.41, 5.74) is 4.66. The van der Waals surface area contributed by atoms with Crippen LogP contribution in [-0.4, -0.2) is 23.4 Å². The van der Waals surface area contributed by atoms with Gasteiger partial charge >= 0.3 is 0 Å². The number of nitrogens with zero attached hydrogens (tertiary/aromatic N) is 2. The lowest BCUT2D eigenvalue weighted by atomic mass is 10.2. The molecule has 29 heavy (non-hydrogen) atoms. The molecule has 0 amide bonds. The van der Waals surface area contributed by atoms with Crippen molar-refractivity contribution < 1.29 is 14.3 Å². The SMILES string of the molecule is O=S1(=O)C=Cc2ccccc21.[HH].c1ccc2[nH]cnc2c1.c1ccc2ocnc2c1. The molecule has 0 saturated carbocycles. The molecule has 146 valence electrons. The first kappa shape index (κ1) is 18.6. The van der Waals surface area contributed by atoms with E-state index in [9.17, 15) is 8.42 Å². The maximum absolute atomic E-state index is 11.2. The Bertz CT molecular complexity index is 1260. The first-order chi connectivity index (χ1) is 14.1. The average Bonchev–Trinajstić information content (AvgIpc) is 3.48. The highest BCUT2D eigenvalue weighted by atomic mass is 32.2. The fourth-order valence-corrected chi connectivity index (χ4v) is 4.00. The number of oxazole rings is 1. The van der Waals surface area contributed by atoms with Crippen LogP contribution in [0.15, 0.2) is 100 Å². The number of H-pyrrole nitrogens is 1. The number of para-hydroxylation sites is 4. The molecule has 6 nitrogen and oxygen atoms in total. The summed E-state index contributed by atoms with van der Waals surface area (Å²) in [5.74, 6) is 0. The summed E-state index contributed by atoms with van der Waals surface area (Å²) in [6.07, 6.45) is 4.76. The van der Waals surface area contributed by atoms with E-state index in [0.29, 0.717) is 4.90 Å². The molecule has 0 atom stereocenters. The lowest BCUT2D eigenvalue weighted by Gasteiger charge is -1.94. The van der Waals surface area contributed by atoms with Crippen LogP contribution in [0.25, 0.3) is 28.2 Å². The summed E-state index contributed by atoms with van der Waals surface area (Å²) in [7, 11) is -3.09. The van der Waals surface area contributed by atoms with Crippen LogP contribution in [0.2, 0.25) is 0 Å². The van der Waals surface area contributed by atoms with Crippen molar-refractivity contribution in [3.8, 4) is 0 Å². The lowest BCUT2D eigenvalue weighted by Crippen LogP contribution is -1.91. The molecular formula is C22H19N3O3S. The number of imidazole rings is 1. The molecule has 5 aromatic rings. The Morgan fingerprint density at radius 2 is 1.55 bits per heavy atom. The molecule has 0 saturated heterocycles. The third-order valence-electron chi connectivity index (χ3n) is 4.22. The van der Waals surface area contributed by atoms with Gasteiger partial charge in [0, 0.05) is 6.83 Å². The smallest absolute Gasteiger partial charge is 0.200 e. The lowest BCUT2D eigenvalue weighted by molar-refractivity contribution is 0.602. The predicted octanol–water partition coefficient (Wildman–Crippen LogP) is 5.08. The number of hydrogen-bond acceptors (Lipinski definition) is 5. The number of aromatic nitrogens is 3. The molecule has 1 aliphatic rings. The summed E-state index contributed by atoms with van der Waals surface area (Å²) in [5, 5.41) is 1.23. The van der Waals surface area contributed by atoms with E-state index in [2.05, 4.69) is 15.0 Å². The zero-order valence-electron chi connectivity index (χ0n) is 15.3. The fourth-order valence-electron chi connectivity index (χ4n) is 2.80. The third kappa shape index (κ3) is 4.25. The molecule has 0 radical (unpaired) electrons. The van der Waals surface area contributed by atoms with Crippen LogP contribution in [-0.2, 0) is 9.84 Å². The van der Waals surface area contributed by atoms with E-state index in [-0.39, 0.29) is 1.43 Å². The summed E-state index contributed by atoms with van der Waals surface area (Å²) >= 11 is 0. The quantitative estimate of drug-likeness (QED) is 0.388. The molecule has 3 aromatic carbocycles. The van der Waals surface area contributed by atoms with Gasteiger partial charge in [-0.1, -0.05) is 42.5 Å². The van der Waals surface area contributed by atoms with E-state index in [0.717, 1.165) is 27.7 Å². The van der Waals surface area contributed by atoms with Crippen LogP contribution >= 0.6 is 0 Å². The van der Waals surface area contributed by atoms with Gasteiger partial charge in [0.15, 0.2) is 21.8 Å². The minimum atomic E-state index is -3.09. The van der Waals surface area contributed by atoms with Gasteiger partial charge in [-0.25, -0.2) is 18.4 Å². The van der Waals surface area contributed by atoms with Crippen LogP contribution in [0.3, 0.4) is 0 Å². The van der Waals surface area contributed by atoms with Crippen molar-refractivity contribution in [1.29, 1.82) is 0 Å². The highest BCUT2D eigenvalue weighted by Gasteiger charge is 2.18. The first-order valence-corrected chi connectivity index (χ1v) is 10.4. The van der Waals surface area contributed by atoms with Crippen LogP contribution in [0.4, 0.5) is 0 Å². The van der Waals surface area contributed by atoms with Crippen LogP contribution < -0.4 is 0 Å². The number of sulfone groups is 1. The number of rotatable bonds is 0. The maximum atomic E-state index is 11.2. The Balaban J connectivity index is 0.000000127. The van der Waals surface area contributed by atoms with Crippen molar-refractivity contribution in [2.45, 2.75) is 4.90 Å².